The van der Waals surface area contributed by atoms with Gasteiger partial charge in [0.2, 0.25) is 11.0 Å². The molecule has 1 fully saturated rings. The van der Waals surface area contributed by atoms with Crippen molar-refractivity contribution in [3.8, 4) is 0 Å². The number of carbonyl (C=O) groups is 2. The fourth-order valence-electron chi connectivity index (χ4n) is 2.95. The minimum absolute atomic E-state index is 0.0407. The molecule has 2 rings (SSSR count). The first-order valence-corrected chi connectivity index (χ1v) is 10.2. The predicted molar refractivity (Wildman–Crippen MR) is 102 cm³/mol. The van der Waals surface area contributed by atoms with Crippen LogP contribution in [0.1, 0.15) is 71.2 Å². The van der Waals surface area contributed by atoms with Gasteiger partial charge in [0.15, 0.2) is 0 Å². The molecule has 1 aromatic heterocycles. The number of ether oxygens (including phenoxy) is 1. The van der Waals surface area contributed by atoms with Crippen LogP contribution in [0.4, 0.5) is 9.93 Å². The topological polar surface area (TPSA) is 84.4 Å². The summed E-state index contributed by atoms with van der Waals surface area (Å²) in [6, 6.07) is 0. The van der Waals surface area contributed by atoms with Gasteiger partial charge in [0, 0.05) is 24.9 Å². The first kappa shape index (κ1) is 20.6. The van der Waals surface area contributed by atoms with Crippen LogP contribution in [0.15, 0.2) is 0 Å². The maximum Gasteiger partial charge on any atom is 0.410 e. The van der Waals surface area contributed by atoms with Crippen LogP contribution in [0, 0.1) is 5.92 Å². The number of aromatic nitrogens is 2. The van der Waals surface area contributed by atoms with E-state index in [2.05, 4.69) is 29.4 Å². The maximum absolute atomic E-state index is 12.5. The summed E-state index contributed by atoms with van der Waals surface area (Å²) in [6.07, 6.45) is 2.98. The molecule has 1 aromatic rings. The van der Waals surface area contributed by atoms with Crippen LogP contribution in [-0.2, 0) is 9.53 Å². The Kier molecular flexibility index (Phi) is 6.97. The summed E-state index contributed by atoms with van der Waals surface area (Å²) >= 11 is 1.46. The second-order valence-electron chi connectivity index (χ2n) is 7.69. The zero-order chi connectivity index (χ0) is 19.3. The van der Waals surface area contributed by atoms with E-state index in [-0.39, 0.29) is 17.9 Å². The Morgan fingerprint density at radius 2 is 1.85 bits per heavy atom. The molecule has 0 radical (unpaired) electrons. The number of hydrogen-bond donors (Lipinski definition) is 1. The minimum atomic E-state index is -0.504. The summed E-state index contributed by atoms with van der Waals surface area (Å²) < 4.78 is 5.38. The fourth-order valence-corrected chi connectivity index (χ4v) is 3.96. The highest BCUT2D eigenvalue weighted by Crippen LogP contribution is 2.29. The van der Waals surface area contributed by atoms with Crippen molar-refractivity contribution in [1.29, 1.82) is 0 Å². The lowest BCUT2D eigenvalue weighted by Crippen LogP contribution is -2.43. The minimum Gasteiger partial charge on any atom is -0.444 e. The highest BCUT2D eigenvalue weighted by Gasteiger charge is 2.30. The number of hydrogen-bond acceptors (Lipinski definition) is 6. The van der Waals surface area contributed by atoms with Crippen LogP contribution in [-0.4, -0.2) is 45.8 Å². The molecule has 146 valence electrons. The van der Waals surface area contributed by atoms with E-state index in [9.17, 15) is 9.59 Å². The van der Waals surface area contributed by atoms with E-state index in [1.54, 1.807) is 4.90 Å². The van der Waals surface area contributed by atoms with Gasteiger partial charge in [-0.25, -0.2) is 4.79 Å². The van der Waals surface area contributed by atoms with Gasteiger partial charge in [0.1, 0.15) is 10.6 Å². The third kappa shape index (κ3) is 5.65. The van der Waals surface area contributed by atoms with E-state index >= 15 is 0 Å². The first-order chi connectivity index (χ1) is 12.2. The molecule has 0 unspecified atom stereocenters. The lowest BCUT2D eigenvalue weighted by atomic mass is 9.96. The molecular weight excluding hydrogens is 352 g/mol. The van der Waals surface area contributed by atoms with Gasteiger partial charge in [0.05, 0.1) is 0 Å². The molecule has 0 saturated carbocycles. The third-order valence-corrected chi connectivity index (χ3v) is 5.52. The van der Waals surface area contributed by atoms with Crippen molar-refractivity contribution in [2.24, 2.45) is 5.92 Å². The van der Waals surface area contributed by atoms with Crippen molar-refractivity contribution < 1.29 is 14.3 Å². The molecule has 0 bridgehead atoms. The fraction of sp³-hybridized carbons (Fsp3) is 0.778. The van der Waals surface area contributed by atoms with Crippen LogP contribution >= 0.6 is 11.3 Å². The normalized spacial score (nSPS) is 16.0. The zero-order valence-electron chi connectivity index (χ0n) is 16.4. The number of amides is 2. The number of anilines is 1. The van der Waals surface area contributed by atoms with Crippen molar-refractivity contribution in [2.45, 2.75) is 71.8 Å². The van der Waals surface area contributed by atoms with E-state index in [0.717, 1.165) is 17.8 Å². The van der Waals surface area contributed by atoms with Gasteiger partial charge < -0.3 is 15.0 Å². The van der Waals surface area contributed by atoms with E-state index in [0.29, 0.717) is 37.0 Å². The number of carbonyl (C=O) groups excluding carboxylic acids is 2. The van der Waals surface area contributed by atoms with Crippen LogP contribution in [0.2, 0.25) is 0 Å². The molecule has 26 heavy (non-hydrogen) atoms. The van der Waals surface area contributed by atoms with Gasteiger partial charge in [0.25, 0.3) is 0 Å². The molecule has 0 atom stereocenters. The summed E-state index contributed by atoms with van der Waals surface area (Å²) in [5.74, 6) is 0.241. The Morgan fingerprint density at radius 1 is 1.23 bits per heavy atom. The Morgan fingerprint density at radius 3 is 2.38 bits per heavy atom. The van der Waals surface area contributed by atoms with Crippen LogP contribution in [0.5, 0.6) is 0 Å². The van der Waals surface area contributed by atoms with Gasteiger partial charge in [-0.3, -0.25) is 4.79 Å². The second-order valence-corrected chi connectivity index (χ2v) is 8.70. The van der Waals surface area contributed by atoms with Crippen molar-refractivity contribution in [3.63, 3.8) is 0 Å². The number of rotatable bonds is 5. The van der Waals surface area contributed by atoms with Gasteiger partial charge in [-0.1, -0.05) is 25.2 Å². The standard InChI is InChI=1S/C18H30N4O3S/c1-6-12(7-2)15-20-21-16(26-15)19-14(23)13-8-10-22(11-9-13)17(24)25-18(3,4)5/h12-13H,6-11H2,1-5H3,(H,19,21,23). The molecule has 1 aliphatic heterocycles. The average molecular weight is 383 g/mol. The first-order valence-electron chi connectivity index (χ1n) is 9.35. The summed E-state index contributed by atoms with van der Waals surface area (Å²) in [4.78, 5) is 26.2. The lowest BCUT2D eigenvalue weighted by Gasteiger charge is -2.32. The molecule has 2 amide bonds. The van der Waals surface area contributed by atoms with Crippen LogP contribution in [0.3, 0.4) is 0 Å². The lowest BCUT2D eigenvalue weighted by molar-refractivity contribution is -0.121. The number of nitrogens with one attached hydrogen (secondary N) is 1. The van der Waals surface area contributed by atoms with Gasteiger partial charge in [-0.05, 0) is 46.5 Å². The van der Waals surface area contributed by atoms with Crippen molar-refractivity contribution in [3.05, 3.63) is 5.01 Å². The zero-order valence-corrected chi connectivity index (χ0v) is 17.2. The van der Waals surface area contributed by atoms with E-state index < -0.39 is 5.60 Å². The average Bonchev–Trinajstić information content (AvgIpc) is 3.03. The molecule has 1 aliphatic rings. The number of piperidine rings is 1. The monoisotopic (exact) mass is 382 g/mol. The summed E-state index contributed by atoms with van der Waals surface area (Å²) in [6.45, 7) is 10.9. The molecule has 0 aliphatic carbocycles. The van der Waals surface area contributed by atoms with Gasteiger partial charge in [-0.15, -0.1) is 10.2 Å². The predicted octanol–water partition coefficient (Wildman–Crippen LogP) is 4.03. The second kappa shape index (κ2) is 8.79. The van der Waals surface area contributed by atoms with Crippen LogP contribution < -0.4 is 5.32 Å². The Labute approximate surface area is 159 Å². The van der Waals surface area contributed by atoms with Gasteiger partial charge >= 0.3 is 6.09 Å². The molecular formula is C18H30N4O3S. The summed E-state index contributed by atoms with van der Waals surface area (Å²) in [7, 11) is 0. The maximum atomic E-state index is 12.5. The molecule has 1 N–H and O–H groups in total. The number of likely N-dealkylation sites (tertiary alicyclic amines) is 1. The summed E-state index contributed by atoms with van der Waals surface area (Å²) in [5.41, 5.74) is -0.504. The van der Waals surface area contributed by atoms with E-state index in [4.69, 9.17) is 4.74 Å². The third-order valence-electron chi connectivity index (χ3n) is 4.52. The SMILES string of the molecule is CCC(CC)c1nnc(NC(=O)C2CCN(C(=O)OC(C)(C)C)CC2)s1. The van der Waals surface area contributed by atoms with Gasteiger partial charge in [-0.2, -0.15) is 0 Å². The van der Waals surface area contributed by atoms with Crippen molar-refractivity contribution in [1.82, 2.24) is 15.1 Å². The Hall–Kier alpha value is -1.70. The largest absolute Gasteiger partial charge is 0.444 e. The quantitative estimate of drug-likeness (QED) is 0.831. The highest BCUT2D eigenvalue weighted by atomic mass is 32.1. The van der Waals surface area contributed by atoms with E-state index in [1.165, 1.54) is 11.3 Å². The van der Waals surface area contributed by atoms with Crippen molar-refractivity contribution in [2.75, 3.05) is 18.4 Å². The molecule has 7 nitrogen and oxygen atoms in total. The molecule has 0 aromatic carbocycles. The Balaban J connectivity index is 1.84. The summed E-state index contributed by atoms with van der Waals surface area (Å²) in [5, 5.41) is 12.7. The smallest absolute Gasteiger partial charge is 0.410 e. The molecule has 8 heteroatoms. The van der Waals surface area contributed by atoms with Crippen molar-refractivity contribution >= 4 is 28.5 Å². The highest BCUT2D eigenvalue weighted by molar-refractivity contribution is 7.15. The van der Waals surface area contributed by atoms with E-state index in [1.807, 2.05) is 20.8 Å². The number of nitrogens with zero attached hydrogens (tertiary/aromatic N) is 3. The van der Waals surface area contributed by atoms with Crippen LogP contribution in [0.25, 0.3) is 0 Å². The molecule has 2 heterocycles. The Bertz CT molecular complexity index is 614. The molecule has 0 spiro atoms. The molecule has 1 saturated heterocycles.